The highest BCUT2D eigenvalue weighted by Gasteiger charge is 2.11. The van der Waals surface area contributed by atoms with Crippen LogP contribution in [0.5, 0.6) is 0 Å². The van der Waals surface area contributed by atoms with E-state index < -0.39 is 6.10 Å². The molecule has 2 aromatic heterocycles. The third-order valence-electron chi connectivity index (χ3n) is 3.77. The fourth-order valence-electron chi connectivity index (χ4n) is 2.57. The van der Waals surface area contributed by atoms with Crippen molar-refractivity contribution < 1.29 is 9.50 Å². The SMILES string of the molecule is Cl.Cn1cc(CNCC(O)c2ccc(F)cc2)c(-c2ccncc2)n1. The average Bonchev–Trinajstić information content (AvgIpc) is 2.97. The van der Waals surface area contributed by atoms with Gasteiger partial charge in [0.1, 0.15) is 5.82 Å². The molecular formula is C18H20ClFN4O. The van der Waals surface area contributed by atoms with E-state index in [-0.39, 0.29) is 18.2 Å². The lowest BCUT2D eigenvalue weighted by molar-refractivity contribution is 0.174. The van der Waals surface area contributed by atoms with Crippen LogP contribution in [0, 0.1) is 5.82 Å². The maximum Gasteiger partial charge on any atom is 0.123 e. The fourth-order valence-corrected chi connectivity index (χ4v) is 2.57. The van der Waals surface area contributed by atoms with Crippen molar-refractivity contribution >= 4 is 12.4 Å². The quantitative estimate of drug-likeness (QED) is 0.707. The van der Waals surface area contributed by atoms with Gasteiger partial charge in [-0.15, -0.1) is 12.4 Å². The van der Waals surface area contributed by atoms with E-state index in [1.54, 1.807) is 29.2 Å². The number of nitrogens with one attached hydrogen (secondary N) is 1. The summed E-state index contributed by atoms with van der Waals surface area (Å²) in [5, 5.41) is 17.9. The van der Waals surface area contributed by atoms with Crippen molar-refractivity contribution in [2.75, 3.05) is 6.54 Å². The summed E-state index contributed by atoms with van der Waals surface area (Å²) in [7, 11) is 1.88. The molecule has 0 radical (unpaired) electrons. The van der Waals surface area contributed by atoms with Crippen molar-refractivity contribution in [2.24, 2.45) is 7.05 Å². The molecule has 0 saturated heterocycles. The van der Waals surface area contributed by atoms with Crippen molar-refractivity contribution in [3.8, 4) is 11.3 Å². The first kappa shape index (κ1) is 19.1. The van der Waals surface area contributed by atoms with Crippen molar-refractivity contribution in [1.29, 1.82) is 0 Å². The van der Waals surface area contributed by atoms with Crippen LogP contribution in [-0.2, 0) is 13.6 Å². The van der Waals surface area contributed by atoms with Gasteiger partial charge < -0.3 is 10.4 Å². The van der Waals surface area contributed by atoms with E-state index in [0.29, 0.717) is 18.7 Å². The molecule has 0 aliphatic heterocycles. The molecule has 132 valence electrons. The molecule has 0 amide bonds. The summed E-state index contributed by atoms with van der Waals surface area (Å²) in [4.78, 5) is 4.02. The second-order valence-electron chi connectivity index (χ2n) is 5.61. The van der Waals surface area contributed by atoms with E-state index in [1.807, 2.05) is 25.4 Å². The molecule has 1 atom stereocenters. The normalized spacial score (nSPS) is 11.8. The molecule has 1 aromatic carbocycles. The Bertz CT molecular complexity index is 793. The van der Waals surface area contributed by atoms with E-state index >= 15 is 0 Å². The third kappa shape index (κ3) is 4.85. The smallest absolute Gasteiger partial charge is 0.123 e. The summed E-state index contributed by atoms with van der Waals surface area (Å²) in [6.45, 7) is 0.945. The average molecular weight is 363 g/mol. The van der Waals surface area contributed by atoms with Crippen molar-refractivity contribution in [3.63, 3.8) is 0 Å². The number of halogens is 2. The lowest BCUT2D eigenvalue weighted by atomic mass is 10.1. The van der Waals surface area contributed by atoms with Gasteiger partial charge in [-0.25, -0.2) is 4.39 Å². The van der Waals surface area contributed by atoms with Crippen LogP contribution in [0.4, 0.5) is 4.39 Å². The van der Waals surface area contributed by atoms with Crippen LogP contribution in [0.3, 0.4) is 0 Å². The summed E-state index contributed by atoms with van der Waals surface area (Å²) < 4.78 is 14.7. The Morgan fingerprint density at radius 1 is 1.16 bits per heavy atom. The molecule has 3 aromatic rings. The zero-order valence-corrected chi connectivity index (χ0v) is 14.6. The number of nitrogens with zero attached hydrogens (tertiary/aromatic N) is 3. The Morgan fingerprint density at radius 3 is 2.52 bits per heavy atom. The van der Waals surface area contributed by atoms with Crippen LogP contribution < -0.4 is 5.32 Å². The minimum atomic E-state index is -0.688. The summed E-state index contributed by atoms with van der Waals surface area (Å²) in [5.41, 5.74) is 3.62. The predicted octanol–water partition coefficient (Wildman–Crippen LogP) is 2.87. The number of pyridine rings is 1. The zero-order valence-electron chi connectivity index (χ0n) is 13.8. The summed E-state index contributed by atoms with van der Waals surface area (Å²) >= 11 is 0. The number of benzene rings is 1. The largest absolute Gasteiger partial charge is 0.387 e. The van der Waals surface area contributed by atoms with Crippen molar-refractivity contribution in [3.05, 3.63) is 71.9 Å². The Hall–Kier alpha value is -2.28. The molecule has 5 nitrogen and oxygen atoms in total. The lowest BCUT2D eigenvalue weighted by Crippen LogP contribution is -2.21. The van der Waals surface area contributed by atoms with Crippen LogP contribution >= 0.6 is 12.4 Å². The van der Waals surface area contributed by atoms with Crippen LogP contribution in [0.25, 0.3) is 11.3 Å². The number of hydrogen-bond donors (Lipinski definition) is 2. The molecule has 0 aliphatic carbocycles. The van der Waals surface area contributed by atoms with Gasteiger partial charge in [0.15, 0.2) is 0 Å². The second kappa shape index (κ2) is 8.71. The predicted molar refractivity (Wildman–Crippen MR) is 96.8 cm³/mol. The number of aliphatic hydroxyl groups is 1. The van der Waals surface area contributed by atoms with Gasteiger partial charge in [0.2, 0.25) is 0 Å². The van der Waals surface area contributed by atoms with Gasteiger partial charge in [0, 0.05) is 49.9 Å². The van der Waals surface area contributed by atoms with Gasteiger partial charge in [0.05, 0.1) is 11.8 Å². The molecule has 25 heavy (non-hydrogen) atoms. The van der Waals surface area contributed by atoms with Gasteiger partial charge in [-0.05, 0) is 29.8 Å². The first-order valence-corrected chi connectivity index (χ1v) is 7.70. The molecule has 2 N–H and O–H groups in total. The Labute approximate surface area is 151 Å². The van der Waals surface area contributed by atoms with E-state index in [4.69, 9.17) is 0 Å². The summed E-state index contributed by atoms with van der Waals surface area (Å²) in [6.07, 6.45) is 4.73. The molecule has 3 rings (SSSR count). The first-order valence-electron chi connectivity index (χ1n) is 7.70. The third-order valence-corrected chi connectivity index (χ3v) is 3.77. The highest BCUT2D eigenvalue weighted by Crippen LogP contribution is 2.21. The molecule has 0 aliphatic rings. The molecule has 7 heteroatoms. The van der Waals surface area contributed by atoms with Crippen LogP contribution in [0.1, 0.15) is 17.2 Å². The van der Waals surface area contributed by atoms with Gasteiger partial charge in [-0.2, -0.15) is 5.10 Å². The van der Waals surface area contributed by atoms with Crippen molar-refractivity contribution in [1.82, 2.24) is 20.1 Å². The maximum atomic E-state index is 12.9. The van der Waals surface area contributed by atoms with Gasteiger partial charge in [-0.1, -0.05) is 12.1 Å². The number of aryl methyl sites for hydroxylation is 1. The van der Waals surface area contributed by atoms with Crippen LogP contribution in [0.15, 0.2) is 55.0 Å². The minimum Gasteiger partial charge on any atom is -0.387 e. The summed E-state index contributed by atoms with van der Waals surface area (Å²) in [5.74, 6) is -0.309. The zero-order chi connectivity index (χ0) is 16.9. The van der Waals surface area contributed by atoms with Crippen LogP contribution in [-0.4, -0.2) is 26.4 Å². The lowest BCUT2D eigenvalue weighted by Gasteiger charge is -2.12. The highest BCUT2D eigenvalue weighted by molar-refractivity contribution is 5.85. The van der Waals surface area contributed by atoms with Gasteiger partial charge in [-0.3, -0.25) is 9.67 Å². The number of aromatic nitrogens is 3. The standard InChI is InChI=1S/C18H19FN4O.ClH/c1-23-12-15(18(22-23)14-6-8-20-9-7-14)10-21-11-17(24)13-2-4-16(19)5-3-13;/h2-9,12,17,21,24H,10-11H2,1H3;1H. The Kier molecular flexibility index (Phi) is 6.64. The molecular weight excluding hydrogens is 343 g/mol. The van der Waals surface area contributed by atoms with Gasteiger partial charge in [0.25, 0.3) is 0 Å². The molecule has 0 fully saturated rings. The van der Waals surface area contributed by atoms with E-state index in [2.05, 4.69) is 15.4 Å². The Balaban J connectivity index is 0.00000225. The summed E-state index contributed by atoms with van der Waals surface area (Å²) in [6, 6.07) is 9.71. The molecule has 0 spiro atoms. The monoisotopic (exact) mass is 362 g/mol. The van der Waals surface area contributed by atoms with Gasteiger partial charge >= 0.3 is 0 Å². The van der Waals surface area contributed by atoms with E-state index in [9.17, 15) is 9.50 Å². The Morgan fingerprint density at radius 2 is 1.84 bits per heavy atom. The van der Waals surface area contributed by atoms with E-state index in [0.717, 1.165) is 16.8 Å². The number of hydrogen-bond acceptors (Lipinski definition) is 4. The molecule has 2 heterocycles. The maximum absolute atomic E-state index is 12.9. The first-order chi connectivity index (χ1) is 11.6. The topological polar surface area (TPSA) is 63.0 Å². The molecule has 0 bridgehead atoms. The van der Waals surface area contributed by atoms with Crippen molar-refractivity contribution in [2.45, 2.75) is 12.6 Å². The molecule has 0 saturated carbocycles. The number of aliphatic hydroxyl groups excluding tert-OH is 1. The van der Waals surface area contributed by atoms with E-state index in [1.165, 1.54) is 12.1 Å². The number of rotatable bonds is 6. The second-order valence-corrected chi connectivity index (χ2v) is 5.61. The van der Waals surface area contributed by atoms with Crippen LogP contribution in [0.2, 0.25) is 0 Å². The fraction of sp³-hybridized carbons (Fsp3) is 0.222. The minimum absolute atomic E-state index is 0. The highest BCUT2D eigenvalue weighted by atomic mass is 35.5. The molecule has 1 unspecified atom stereocenters.